The first kappa shape index (κ1) is 10.9. The lowest BCUT2D eigenvalue weighted by Crippen LogP contribution is -2.14. The van der Waals surface area contributed by atoms with Crippen molar-refractivity contribution in [3.05, 3.63) is 23.3 Å². The van der Waals surface area contributed by atoms with E-state index in [4.69, 9.17) is 5.73 Å². The van der Waals surface area contributed by atoms with Gasteiger partial charge in [0.05, 0.1) is 11.4 Å². The SMILES string of the molecule is Cc1nc(CCN)cnc1C(F)(F)F. The second kappa shape index (κ2) is 3.91. The molecule has 0 unspecified atom stereocenters. The van der Waals surface area contributed by atoms with Gasteiger partial charge >= 0.3 is 6.18 Å². The van der Waals surface area contributed by atoms with Crippen LogP contribution in [0.5, 0.6) is 0 Å². The summed E-state index contributed by atoms with van der Waals surface area (Å²) in [6, 6.07) is 0. The zero-order valence-electron chi connectivity index (χ0n) is 7.60. The van der Waals surface area contributed by atoms with E-state index in [2.05, 4.69) is 9.97 Å². The maximum Gasteiger partial charge on any atom is 0.435 e. The Morgan fingerprint density at radius 1 is 1.43 bits per heavy atom. The molecule has 0 saturated heterocycles. The lowest BCUT2D eigenvalue weighted by molar-refractivity contribution is -0.142. The van der Waals surface area contributed by atoms with Crippen LogP contribution in [0.4, 0.5) is 13.2 Å². The molecule has 1 aromatic heterocycles. The molecule has 0 bridgehead atoms. The van der Waals surface area contributed by atoms with E-state index in [1.54, 1.807) is 0 Å². The molecule has 14 heavy (non-hydrogen) atoms. The van der Waals surface area contributed by atoms with Crippen molar-refractivity contribution in [1.82, 2.24) is 9.97 Å². The quantitative estimate of drug-likeness (QED) is 0.791. The van der Waals surface area contributed by atoms with Crippen LogP contribution in [0.15, 0.2) is 6.20 Å². The first-order valence-corrected chi connectivity index (χ1v) is 4.05. The van der Waals surface area contributed by atoms with Gasteiger partial charge in [-0.15, -0.1) is 0 Å². The fourth-order valence-electron chi connectivity index (χ4n) is 1.08. The summed E-state index contributed by atoms with van der Waals surface area (Å²) in [7, 11) is 0. The van der Waals surface area contributed by atoms with Crippen molar-refractivity contribution in [2.75, 3.05) is 6.54 Å². The van der Waals surface area contributed by atoms with Gasteiger partial charge in [0.1, 0.15) is 0 Å². The Kier molecular flexibility index (Phi) is 3.05. The Hall–Kier alpha value is -1.17. The third kappa shape index (κ3) is 2.41. The average Bonchev–Trinajstić information content (AvgIpc) is 2.02. The fraction of sp³-hybridized carbons (Fsp3) is 0.500. The predicted octanol–water partition coefficient (Wildman–Crippen LogP) is 1.31. The minimum absolute atomic E-state index is 0.108. The van der Waals surface area contributed by atoms with Crippen LogP contribution < -0.4 is 5.73 Å². The molecule has 1 rings (SSSR count). The summed E-state index contributed by atoms with van der Waals surface area (Å²) >= 11 is 0. The Bertz CT molecular complexity index is 322. The largest absolute Gasteiger partial charge is 0.435 e. The molecule has 2 N–H and O–H groups in total. The third-order valence-electron chi connectivity index (χ3n) is 1.67. The van der Waals surface area contributed by atoms with Gasteiger partial charge in [0.15, 0.2) is 5.69 Å². The van der Waals surface area contributed by atoms with E-state index in [1.165, 1.54) is 6.92 Å². The standard InChI is InChI=1S/C8H10F3N3/c1-5-7(8(9,10)11)13-4-6(14-5)2-3-12/h4H,2-3,12H2,1H3. The predicted molar refractivity (Wildman–Crippen MR) is 44.5 cm³/mol. The first-order chi connectivity index (χ1) is 6.45. The summed E-state index contributed by atoms with van der Waals surface area (Å²) in [4.78, 5) is 7.09. The van der Waals surface area contributed by atoms with Gasteiger partial charge in [0.2, 0.25) is 0 Å². The normalized spacial score (nSPS) is 11.8. The fourth-order valence-corrected chi connectivity index (χ4v) is 1.08. The average molecular weight is 205 g/mol. The van der Waals surface area contributed by atoms with Crippen LogP contribution in [0, 0.1) is 6.92 Å². The van der Waals surface area contributed by atoms with Gasteiger partial charge in [0, 0.05) is 12.6 Å². The molecule has 0 spiro atoms. The van der Waals surface area contributed by atoms with Crippen molar-refractivity contribution in [3.8, 4) is 0 Å². The van der Waals surface area contributed by atoms with E-state index in [9.17, 15) is 13.2 Å². The number of aromatic nitrogens is 2. The third-order valence-corrected chi connectivity index (χ3v) is 1.67. The first-order valence-electron chi connectivity index (χ1n) is 4.05. The molecule has 0 fully saturated rings. The Balaban J connectivity index is 3.02. The summed E-state index contributed by atoms with van der Waals surface area (Å²) in [6.07, 6.45) is -2.88. The molecule has 3 nitrogen and oxygen atoms in total. The minimum atomic E-state index is -4.43. The molecule has 1 heterocycles. The Morgan fingerprint density at radius 3 is 2.50 bits per heavy atom. The van der Waals surface area contributed by atoms with Gasteiger partial charge in [-0.05, 0) is 13.5 Å². The van der Waals surface area contributed by atoms with Crippen LogP contribution in [0.2, 0.25) is 0 Å². The van der Waals surface area contributed by atoms with E-state index in [0.29, 0.717) is 18.7 Å². The highest BCUT2D eigenvalue weighted by molar-refractivity contribution is 5.15. The molecule has 0 aliphatic carbocycles. The molecule has 0 aliphatic heterocycles. The van der Waals surface area contributed by atoms with Crippen molar-refractivity contribution >= 4 is 0 Å². The molecule has 1 aromatic rings. The van der Waals surface area contributed by atoms with Gasteiger partial charge in [-0.3, -0.25) is 4.98 Å². The summed E-state index contributed by atoms with van der Waals surface area (Å²) < 4.78 is 36.7. The summed E-state index contributed by atoms with van der Waals surface area (Å²) in [5, 5.41) is 0. The minimum Gasteiger partial charge on any atom is -0.330 e. The molecule has 6 heteroatoms. The lowest BCUT2D eigenvalue weighted by atomic mass is 10.2. The van der Waals surface area contributed by atoms with Crippen LogP contribution in [0.3, 0.4) is 0 Å². The van der Waals surface area contributed by atoms with Crippen molar-refractivity contribution in [1.29, 1.82) is 0 Å². The zero-order chi connectivity index (χ0) is 10.8. The molecular weight excluding hydrogens is 195 g/mol. The van der Waals surface area contributed by atoms with Gasteiger partial charge in [-0.25, -0.2) is 4.98 Å². The molecule has 0 amide bonds. The van der Waals surface area contributed by atoms with Gasteiger partial charge in [0.25, 0.3) is 0 Å². The number of alkyl halides is 3. The number of nitrogens with zero attached hydrogens (tertiary/aromatic N) is 2. The van der Waals surface area contributed by atoms with Crippen molar-refractivity contribution in [2.24, 2.45) is 5.73 Å². The topological polar surface area (TPSA) is 51.8 Å². The van der Waals surface area contributed by atoms with Gasteiger partial charge < -0.3 is 5.73 Å². The summed E-state index contributed by atoms with van der Waals surface area (Å²) in [5.41, 5.74) is 4.69. The van der Waals surface area contributed by atoms with Gasteiger partial charge in [-0.2, -0.15) is 13.2 Å². The zero-order valence-corrected chi connectivity index (χ0v) is 7.60. The molecule has 0 aliphatic rings. The van der Waals surface area contributed by atoms with E-state index in [1.807, 2.05) is 0 Å². The highest BCUT2D eigenvalue weighted by Crippen LogP contribution is 2.28. The van der Waals surface area contributed by atoms with Crippen LogP contribution in [-0.4, -0.2) is 16.5 Å². The van der Waals surface area contributed by atoms with Crippen molar-refractivity contribution < 1.29 is 13.2 Å². The van der Waals surface area contributed by atoms with Crippen molar-refractivity contribution in [3.63, 3.8) is 0 Å². The second-order valence-corrected chi connectivity index (χ2v) is 2.83. The maximum atomic E-state index is 12.2. The van der Waals surface area contributed by atoms with E-state index < -0.39 is 11.9 Å². The summed E-state index contributed by atoms with van der Waals surface area (Å²) in [6.45, 7) is 1.63. The van der Waals surface area contributed by atoms with Crippen LogP contribution >= 0.6 is 0 Å². The van der Waals surface area contributed by atoms with Crippen LogP contribution in [-0.2, 0) is 12.6 Å². The Labute approximate surface area is 79.2 Å². The number of rotatable bonds is 2. The number of hydrogen-bond acceptors (Lipinski definition) is 3. The number of nitrogens with two attached hydrogens (primary N) is 1. The smallest absolute Gasteiger partial charge is 0.330 e. The van der Waals surface area contributed by atoms with E-state index >= 15 is 0 Å². The molecular formula is C8H10F3N3. The highest BCUT2D eigenvalue weighted by Gasteiger charge is 2.34. The van der Waals surface area contributed by atoms with E-state index in [0.717, 1.165) is 6.20 Å². The lowest BCUT2D eigenvalue weighted by Gasteiger charge is -2.08. The molecule has 0 radical (unpaired) electrons. The van der Waals surface area contributed by atoms with E-state index in [-0.39, 0.29) is 5.69 Å². The van der Waals surface area contributed by atoms with Crippen LogP contribution in [0.25, 0.3) is 0 Å². The molecule has 0 aromatic carbocycles. The highest BCUT2D eigenvalue weighted by atomic mass is 19.4. The number of halogens is 3. The Morgan fingerprint density at radius 2 is 2.07 bits per heavy atom. The molecule has 0 atom stereocenters. The summed E-state index contributed by atoms with van der Waals surface area (Å²) in [5.74, 6) is 0. The molecule has 78 valence electrons. The second-order valence-electron chi connectivity index (χ2n) is 2.83. The maximum absolute atomic E-state index is 12.2. The number of hydrogen-bond donors (Lipinski definition) is 1. The monoisotopic (exact) mass is 205 g/mol. The number of aryl methyl sites for hydroxylation is 1. The van der Waals surface area contributed by atoms with Crippen molar-refractivity contribution in [2.45, 2.75) is 19.5 Å². The van der Waals surface area contributed by atoms with Gasteiger partial charge in [-0.1, -0.05) is 0 Å². The molecule has 0 saturated carbocycles. The van der Waals surface area contributed by atoms with Crippen LogP contribution in [0.1, 0.15) is 17.1 Å².